The van der Waals surface area contributed by atoms with Crippen LogP contribution in [0.3, 0.4) is 0 Å². The van der Waals surface area contributed by atoms with Gasteiger partial charge >= 0.3 is 11.9 Å². The van der Waals surface area contributed by atoms with E-state index < -0.39 is 0 Å². The first kappa shape index (κ1) is 31.5. The van der Waals surface area contributed by atoms with E-state index in [1.54, 1.807) is 0 Å². The Balaban J connectivity index is 1.54. The molecule has 0 spiro atoms. The van der Waals surface area contributed by atoms with Crippen molar-refractivity contribution in [3.05, 3.63) is 59.7 Å². The Labute approximate surface area is 248 Å². The van der Waals surface area contributed by atoms with E-state index in [9.17, 15) is 9.59 Å². The SMILES string of the molecule is O=C(Oc1ccc(CCCCCCCCc2ccc(OC(=O)C(Br)CCBr)cc2)cc1)C(Br)CCBr. The van der Waals surface area contributed by atoms with E-state index in [1.165, 1.54) is 49.7 Å². The van der Waals surface area contributed by atoms with Gasteiger partial charge in [-0.15, -0.1) is 0 Å². The lowest BCUT2D eigenvalue weighted by atomic mass is 10.0. The highest BCUT2D eigenvalue weighted by Crippen LogP contribution is 2.19. The van der Waals surface area contributed by atoms with Crippen LogP contribution in [0.15, 0.2) is 48.5 Å². The molecule has 2 rings (SSSR count). The minimum absolute atomic E-state index is 0.255. The topological polar surface area (TPSA) is 52.6 Å². The van der Waals surface area contributed by atoms with Gasteiger partial charge in [-0.05, 0) is 73.9 Å². The summed E-state index contributed by atoms with van der Waals surface area (Å²) in [6, 6.07) is 15.7. The highest BCUT2D eigenvalue weighted by atomic mass is 79.9. The van der Waals surface area contributed by atoms with Crippen molar-refractivity contribution < 1.29 is 19.1 Å². The fraction of sp³-hybridized carbons (Fsp3) is 0.500. The van der Waals surface area contributed by atoms with Gasteiger partial charge in [-0.3, -0.25) is 9.59 Å². The van der Waals surface area contributed by atoms with Gasteiger partial charge in [0.2, 0.25) is 0 Å². The minimum atomic E-state index is -0.287. The summed E-state index contributed by atoms with van der Waals surface area (Å²) in [5.41, 5.74) is 2.55. The van der Waals surface area contributed by atoms with E-state index >= 15 is 0 Å². The molecule has 0 saturated heterocycles. The lowest BCUT2D eigenvalue weighted by molar-refractivity contribution is -0.134. The number of carbonyl (C=O) groups excluding carboxylic acids is 2. The maximum Gasteiger partial charge on any atom is 0.325 e. The smallest absolute Gasteiger partial charge is 0.325 e. The van der Waals surface area contributed by atoms with Crippen molar-refractivity contribution in [2.45, 2.75) is 73.9 Å². The van der Waals surface area contributed by atoms with Gasteiger partial charge in [-0.2, -0.15) is 0 Å². The van der Waals surface area contributed by atoms with Crippen molar-refractivity contribution in [3.63, 3.8) is 0 Å². The van der Waals surface area contributed by atoms with Crippen LogP contribution in [0.1, 0.15) is 62.5 Å². The molecule has 198 valence electrons. The summed E-state index contributed by atoms with van der Waals surface area (Å²) < 4.78 is 10.8. The number of ether oxygens (including phenoxy) is 2. The Morgan fingerprint density at radius 3 is 1.25 bits per heavy atom. The normalized spacial score (nSPS) is 12.7. The predicted octanol–water partition coefficient (Wildman–Crippen LogP) is 8.72. The van der Waals surface area contributed by atoms with Crippen LogP contribution in [0.4, 0.5) is 0 Å². The lowest BCUT2D eigenvalue weighted by Gasteiger charge is -2.09. The van der Waals surface area contributed by atoms with Crippen LogP contribution in [0.25, 0.3) is 0 Å². The second-order valence-electron chi connectivity index (χ2n) is 8.64. The number of esters is 2. The molecule has 8 heteroatoms. The van der Waals surface area contributed by atoms with Crippen molar-refractivity contribution in [1.82, 2.24) is 0 Å². The second kappa shape index (κ2) is 18.5. The zero-order valence-corrected chi connectivity index (χ0v) is 26.7. The fourth-order valence-electron chi connectivity index (χ4n) is 3.60. The van der Waals surface area contributed by atoms with Crippen LogP contribution < -0.4 is 9.47 Å². The summed E-state index contributed by atoms with van der Waals surface area (Å²) in [5, 5.41) is 1.50. The molecule has 0 saturated carbocycles. The molecule has 36 heavy (non-hydrogen) atoms. The Kier molecular flexibility index (Phi) is 16.2. The molecule has 0 aliphatic heterocycles. The summed E-state index contributed by atoms with van der Waals surface area (Å²) in [6.07, 6.45) is 10.7. The number of rotatable bonds is 17. The van der Waals surface area contributed by atoms with Gasteiger partial charge < -0.3 is 9.47 Å². The standard InChI is InChI=1S/C28H34Br4O4/c29-19-17-25(31)27(33)35-23-13-9-21(10-14-23)7-5-3-1-2-4-6-8-22-11-15-24(16-12-22)36-28(34)26(32)18-20-30/h9-16,25-26H,1-8,17-20H2. The molecule has 0 aliphatic carbocycles. The second-order valence-corrected chi connectivity index (χ2v) is 12.4. The maximum atomic E-state index is 12.0. The lowest BCUT2D eigenvalue weighted by Crippen LogP contribution is -2.20. The number of carbonyl (C=O) groups is 2. The van der Waals surface area contributed by atoms with Crippen LogP contribution in [0.5, 0.6) is 11.5 Å². The third-order valence-electron chi connectivity index (χ3n) is 5.70. The zero-order valence-electron chi connectivity index (χ0n) is 20.4. The monoisotopic (exact) mass is 750 g/mol. The van der Waals surface area contributed by atoms with E-state index in [0.29, 0.717) is 24.3 Å². The van der Waals surface area contributed by atoms with Gasteiger partial charge in [0.05, 0.1) is 0 Å². The first-order valence-electron chi connectivity index (χ1n) is 12.4. The van der Waals surface area contributed by atoms with E-state index in [0.717, 1.165) is 23.5 Å². The first-order valence-corrected chi connectivity index (χ1v) is 16.5. The Bertz CT molecular complexity index is 827. The Morgan fingerprint density at radius 1 is 0.583 bits per heavy atom. The van der Waals surface area contributed by atoms with E-state index in [4.69, 9.17) is 9.47 Å². The van der Waals surface area contributed by atoms with Crippen LogP contribution >= 0.6 is 63.7 Å². The average Bonchev–Trinajstić information content (AvgIpc) is 2.87. The molecular weight excluding hydrogens is 720 g/mol. The van der Waals surface area contributed by atoms with Crippen molar-refractivity contribution >= 4 is 75.7 Å². The third kappa shape index (κ3) is 12.7. The van der Waals surface area contributed by atoms with Crippen molar-refractivity contribution in [1.29, 1.82) is 0 Å². The molecule has 2 aromatic rings. The van der Waals surface area contributed by atoms with Crippen LogP contribution in [0, 0.1) is 0 Å². The molecule has 2 aromatic carbocycles. The number of benzene rings is 2. The summed E-state index contributed by atoms with van der Waals surface area (Å²) >= 11 is 13.4. The highest BCUT2D eigenvalue weighted by Gasteiger charge is 2.17. The van der Waals surface area contributed by atoms with Gasteiger partial charge in [-0.25, -0.2) is 0 Å². The highest BCUT2D eigenvalue weighted by molar-refractivity contribution is 9.10. The number of hydrogen-bond acceptors (Lipinski definition) is 4. The molecule has 0 aromatic heterocycles. The van der Waals surface area contributed by atoms with Crippen molar-refractivity contribution in [2.75, 3.05) is 10.7 Å². The molecule has 0 amide bonds. The summed E-state index contributed by atoms with van der Waals surface area (Å²) in [6.45, 7) is 0. The molecule has 0 fully saturated rings. The number of hydrogen-bond donors (Lipinski definition) is 0. The molecule has 4 nitrogen and oxygen atoms in total. The zero-order chi connectivity index (χ0) is 26.2. The molecule has 2 unspecified atom stereocenters. The fourth-order valence-corrected chi connectivity index (χ4v) is 6.39. The predicted molar refractivity (Wildman–Crippen MR) is 162 cm³/mol. The molecule has 0 heterocycles. The molecule has 0 aliphatic rings. The van der Waals surface area contributed by atoms with Crippen LogP contribution in [-0.4, -0.2) is 32.3 Å². The molecule has 0 radical (unpaired) electrons. The van der Waals surface area contributed by atoms with Gasteiger partial charge in [0.1, 0.15) is 21.2 Å². The van der Waals surface area contributed by atoms with E-state index in [-0.39, 0.29) is 21.6 Å². The summed E-state index contributed by atoms with van der Waals surface area (Å²) in [7, 11) is 0. The third-order valence-corrected chi connectivity index (χ3v) is 8.28. The van der Waals surface area contributed by atoms with E-state index in [1.807, 2.05) is 48.5 Å². The van der Waals surface area contributed by atoms with E-state index in [2.05, 4.69) is 63.7 Å². The number of unbranched alkanes of at least 4 members (excludes halogenated alkanes) is 5. The number of alkyl halides is 4. The molecule has 0 N–H and O–H groups in total. The number of halogens is 4. The first-order chi connectivity index (χ1) is 17.4. The summed E-state index contributed by atoms with van der Waals surface area (Å²) in [5.74, 6) is 0.677. The quantitative estimate of drug-likeness (QED) is 0.0703. The summed E-state index contributed by atoms with van der Waals surface area (Å²) in [4.78, 5) is 23.4. The number of aryl methyl sites for hydroxylation is 2. The minimum Gasteiger partial charge on any atom is -0.426 e. The van der Waals surface area contributed by atoms with Gasteiger partial charge in [0.15, 0.2) is 0 Å². The van der Waals surface area contributed by atoms with Crippen LogP contribution in [0.2, 0.25) is 0 Å². The molecule has 0 bridgehead atoms. The maximum absolute atomic E-state index is 12.0. The van der Waals surface area contributed by atoms with Crippen LogP contribution in [-0.2, 0) is 22.4 Å². The van der Waals surface area contributed by atoms with Crippen molar-refractivity contribution in [2.24, 2.45) is 0 Å². The van der Waals surface area contributed by atoms with Gasteiger partial charge in [0.25, 0.3) is 0 Å². The Hall–Kier alpha value is -0.700. The average molecular weight is 754 g/mol. The molecular formula is C28H34Br4O4. The Morgan fingerprint density at radius 2 is 0.917 bits per heavy atom. The van der Waals surface area contributed by atoms with Crippen molar-refractivity contribution in [3.8, 4) is 11.5 Å². The molecule has 2 atom stereocenters. The largest absolute Gasteiger partial charge is 0.426 e. The van der Waals surface area contributed by atoms with Gasteiger partial charge in [0, 0.05) is 10.7 Å². The van der Waals surface area contributed by atoms with Gasteiger partial charge in [-0.1, -0.05) is 114 Å².